The van der Waals surface area contributed by atoms with Gasteiger partial charge in [-0.25, -0.2) is 0 Å². The molecule has 1 aliphatic heterocycles. The van der Waals surface area contributed by atoms with Crippen LogP contribution < -0.4 is 0 Å². The fraction of sp³-hybridized carbons (Fsp3) is 0.429. The summed E-state index contributed by atoms with van der Waals surface area (Å²) < 4.78 is 5.77. The quantitative estimate of drug-likeness (QED) is 0.314. The van der Waals surface area contributed by atoms with E-state index in [1.54, 1.807) is 11.2 Å². The number of ether oxygens (including phenoxy) is 1. The highest BCUT2D eigenvalue weighted by Gasteiger charge is 2.08. The van der Waals surface area contributed by atoms with Gasteiger partial charge in [0.05, 0.1) is 12.0 Å². The minimum absolute atomic E-state index is 0.137. The van der Waals surface area contributed by atoms with E-state index in [0.717, 1.165) is 30.5 Å². The third-order valence-corrected chi connectivity index (χ3v) is 2.57. The lowest BCUT2D eigenvalue weighted by atomic mass is 10.2. The SMILES string of the molecule is CC/C(C=O)=C\C=C(/CC)OC1C=CN(C)N=C1. The summed E-state index contributed by atoms with van der Waals surface area (Å²) in [5.74, 6) is 0.841. The Labute approximate surface area is 108 Å². The topological polar surface area (TPSA) is 41.9 Å². The van der Waals surface area contributed by atoms with Gasteiger partial charge in [-0.05, 0) is 24.1 Å². The van der Waals surface area contributed by atoms with Gasteiger partial charge in [0.15, 0.2) is 6.10 Å². The summed E-state index contributed by atoms with van der Waals surface area (Å²) in [5, 5.41) is 5.84. The lowest BCUT2D eigenvalue weighted by Gasteiger charge is -2.18. The fourth-order valence-electron chi connectivity index (χ4n) is 1.39. The summed E-state index contributed by atoms with van der Waals surface area (Å²) in [5.41, 5.74) is 0.761. The van der Waals surface area contributed by atoms with E-state index in [4.69, 9.17) is 4.74 Å². The first kappa shape index (κ1) is 14.2. The van der Waals surface area contributed by atoms with Crippen LogP contribution in [0.5, 0.6) is 0 Å². The molecule has 4 heteroatoms. The van der Waals surface area contributed by atoms with Crippen LogP contribution in [0, 0.1) is 0 Å². The van der Waals surface area contributed by atoms with Crippen molar-refractivity contribution in [3.05, 3.63) is 35.8 Å². The molecule has 0 aliphatic carbocycles. The van der Waals surface area contributed by atoms with Crippen molar-refractivity contribution in [2.75, 3.05) is 7.05 Å². The normalized spacial score (nSPS) is 20.2. The number of hydrogen-bond donors (Lipinski definition) is 0. The van der Waals surface area contributed by atoms with Gasteiger partial charge in [0.25, 0.3) is 0 Å². The summed E-state index contributed by atoms with van der Waals surface area (Å²) >= 11 is 0. The molecule has 0 aromatic carbocycles. The van der Waals surface area contributed by atoms with E-state index >= 15 is 0 Å². The number of hydrazone groups is 1. The molecule has 0 radical (unpaired) electrons. The maximum atomic E-state index is 10.7. The Kier molecular flexibility index (Phi) is 5.91. The van der Waals surface area contributed by atoms with Gasteiger partial charge in [-0.1, -0.05) is 19.9 Å². The maximum absolute atomic E-state index is 10.7. The second kappa shape index (κ2) is 7.48. The summed E-state index contributed by atoms with van der Waals surface area (Å²) in [6.07, 6.45) is 11.4. The zero-order valence-electron chi connectivity index (χ0n) is 11.2. The zero-order valence-corrected chi connectivity index (χ0v) is 11.2. The van der Waals surface area contributed by atoms with E-state index in [-0.39, 0.29) is 6.10 Å². The van der Waals surface area contributed by atoms with Crippen LogP contribution in [-0.2, 0) is 9.53 Å². The average Bonchev–Trinajstić information content (AvgIpc) is 2.40. The average molecular weight is 248 g/mol. The molecule has 1 rings (SSSR count). The summed E-state index contributed by atoms with van der Waals surface area (Å²) in [4.78, 5) is 10.7. The van der Waals surface area contributed by atoms with E-state index < -0.39 is 0 Å². The van der Waals surface area contributed by atoms with Gasteiger partial charge < -0.3 is 4.74 Å². The van der Waals surface area contributed by atoms with Gasteiger partial charge in [0.2, 0.25) is 0 Å². The highest BCUT2D eigenvalue weighted by molar-refractivity contribution is 5.73. The largest absolute Gasteiger partial charge is 0.485 e. The van der Waals surface area contributed by atoms with Crippen LogP contribution in [0.2, 0.25) is 0 Å². The molecule has 0 amide bonds. The Balaban J connectivity index is 2.65. The molecule has 1 aliphatic rings. The van der Waals surface area contributed by atoms with E-state index in [1.165, 1.54) is 0 Å². The van der Waals surface area contributed by atoms with E-state index in [0.29, 0.717) is 0 Å². The van der Waals surface area contributed by atoms with Crippen molar-refractivity contribution in [3.63, 3.8) is 0 Å². The first-order chi connectivity index (χ1) is 8.69. The van der Waals surface area contributed by atoms with Crippen LogP contribution in [-0.4, -0.2) is 30.7 Å². The van der Waals surface area contributed by atoms with Crippen LogP contribution in [0.25, 0.3) is 0 Å². The molecular formula is C14H20N2O2. The number of rotatable bonds is 6. The first-order valence-electron chi connectivity index (χ1n) is 6.16. The Hall–Kier alpha value is -1.84. The molecule has 98 valence electrons. The predicted molar refractivity (Wildman–Crippen MR) is 73.1 cm³/mol. The molecule has 1 unspecified atom stereocenters. The highest BCUT2D eigenvalue weighted by Crippen LogP contribution is 2.11. The molecule has 0 spiro atoms. The van der Waals surface area contributed by atoms with Crippen LogP contribution in [0.4, 0.5) is 0 Å². The molecule has 0 N–H and O–H groups in total. The molecule has 0 saturated heterocycles. The molecule has 0 bridgehead atoms. The number of carbonyl (C=O) groups excluding carboxylic acids is 1. The Morgan fingerprint density at radius 3 is 2.67 bits per heavy atom. The summed E-state index contributed by atoms with van der Waals surface area (Å²) in [6.45, 7) is 3.97. The standard InChI is InChI=1S/C14H20N2O2/c1-4-12(11-17)6-7-13(5-2)18-14-8-9-16(3)15-10-14/h6-11,14H,4-5H2,1-3H3/b12-6+,13-7+. The van der Waals surface area contributed by atoms with Gasteiger partial charge >= 0.3 is 0 Å². The molecule has 0 fully saturated rings. The highest BCUT2D eigenvalue weighted by atomic mass is 16.5. The zero-order chi connectivity index (χ0) is 13.4. The third-order valence-electron chi connectivity index (χ3n) is 2.57. The van der Waals surface area contributed by atoms with Crippen molar-refractivity contribution in [3.8, 4) is 0 Å². The predicted octanol–water partition coefficient (Wildman–Crippen LogP) is 2.65. The minimum atomic E-state index is -0.137. The van der Waals surface area contributed by atoms with E-state index in [1.807, 2.05) is 45.3 Å². The van der Waals surface area contributed by atoms with Crippen molar-refractivity contribution >= 4 is 12.5 Å². The molecule has 0 aromatic heterocycles. The van der Waals surface area contributed by atoms with Crippen LogP contribution in [0.15, 0.2) is 40.9 Å². The Morgan fingerprint density at radius 2 is 2.17 bits per heavy atom. The third kappa shape index (κ3) is 4.57. The second-order valence-corrected chi connectivity index (χ2v) is 3.96. The van der Waals surface area contributed by atoms with Crippen molar-refractivity contribution in [1.82, 2.24) is 5.01 Å². The molecule has 1 atom stereocenters. The van der Waals surface area contributed by atoms with Crippen LogP contribution >= 0.6 is 0 Å². The summed E-state index contributed by atoms with van der Waals surface area (Å²) in [6, 6.07) is 0. The number of carbonyl (C=O) groups is 1. The van der Waals surface area contributed by atoms with E-state index in [9.17, 15) is 4.79 Å². The Morgan fingerprint density at radius 1 is 1.39 bits per heavy atom. The van der Waals surface area contributed by atoms with Gasteiger partial charge in [-0.3, -0.25) is 9.80 Å². The number of allylic oxidation sites excluding steroid dienone is 4. The molecular weight excluding hydrogens is 228 g/mol. The van der Waals surface area contributed by atoms with Crippen LogP contribution in [0.3, 0.4) is 0 Å². The van der Waals surface area contributed by atoms with Crippen molar-refractivity contribution in [1.29, 1.82) is 0 Å². The van der Waals surface area contributed by atoms with Crippen molar-refractivity contribution in [2.45, 2.75) is 32.8 Å². The molecule has 0 saturated carbocycles. The molecule has 0 aromatic rings. The number of aldehydes is 1. The van der Waals surface area contributed by atoms with Crippen molar-refractivity contribution < 1.29 is 9.53 Å². The monoisotopic (exact) mass is 248 g/mol. The number of hydrogen-bond acceptors (Lipinski definition) is 4. The molecule has 1 heterocycles. The molecule has 4 nitrogen and oxygen atoms in total. The van der Waals surface area contributed by atoms with Crippen molar-refractivity contribution in [2.24, 2.45) is 5.10 Å². The van der Waals surface area contributed by atoms with Gasteiger partial charge in [0, 0.05) is 19.7 Å². The summed E-state index contributed by atoms with van der Waals surface area (Å²) in [7, 11) is 1.86. The lowest BCUT2D eigenvalue weighted by molar-refractivity contribution is -0.105. The van der Waals surface area contributed by atoms with Gasteiger partial charge in [-0.2, -0.15) is 5.10 Å². The second-order valence-electron chi connectivity index (χ2n) is 3.96. The minimum Gasteiger partial charge on any atom is -0.485 e. The van der Waals surface area contributed by atoms with Gasteiger partial charge in [0.1, 0.15) is 6.29 Å². The smallest absolute Gasteiger partial charge is 0.155 e. The molecule has 18 heavy (non-hydrogen) atoms. The Bertz CT molecular complexity index is 381. The number of nitrogens with zero attached hydrogens (tertiary/aromatic N) is 2. The van der Waals surface area contributed by atoms with Crippen LogP contribution in [0.1, 0.15) is 26.7 Å². The van der Waals surface area contributed by atoms with Gasteiger partial charge in [-0.15, -0.1) is 0 Å². The fourth-order valence-corrected chi connectivity index (χ4v) is 1.39. The first-order valence-corrected chi connectivity index (χ1v) is 6.16. The lowest BCUT2D eigenvalue weighted by Crippen LogP contribution is -2.19. The maximum Gasteiger partial charge on any atom is 0.155 e. The van der Waals surface area contributed by atoms with E-state index in [2.05, 4.69) is 5.10 Å².